The smallest absolute Gasteiger partial charge is 0.256 e. The van der Waals surface area contributed by atoms with Gasteiger partial charge >= 0.3 is 0 Å². The number of nitrogens with zero attached hydrogens (tertiary/aromatic N) is 3. The third-order valence-corrected chi connectivity index (χ3v) is 1.50. The van der Waals surface area contributed by atoms with Crippen LogP contribution in [0, 0.1) is 5.21 Å². The largest absolute Gasteiger partial charge is 0.694 e. The Bertz CT molecular complexity index is 232. The zero-order chi connectivity index (χ0) is 6.97. The van der Waals surface area contributed by atoms with Crippen LogP contribution in [0.1, 0.15) is 0 Å². The number of dihydropyridines is 1. The molecule has 0 bridgehead atoms. The summed E-state index contributed by atoms with van der Waals surface area (Å²) < 4.78 is 0. The Morgan fingerprint density at radius 1 is 1.60 bits per heavy atom. The number of nitrogens with one attached hydrogen (secondary N) is 1. The molecule has 0 aliphatic carbocycles. The molecule has 2 heterocycles. The van der Waals surface area contributed by atoms with Crippen LogP contribution in [-0.4, -0.2) is 23.3 Å². The minimum absolute atomic E-state index is 0.0394. The Hall–Kier alpha value is -1.39. The predicted octanol–water partition coefficient (Wildman–Crippen LogP) is -0.198. The number of fused-ring (bicyclic) bond motifs is 1. The van der Waals surface area contributed by atoms with E-state index >= 15 is 0 Å². The van der Waals surface area contributed by atoms with Gasteiger partial charge in [0.15, 0.2) is 6.04 Å². The van der Waals surface area contributed by atoms with E-state index in [1.54, 1.807) is 12.3 Å². The molecule has 2 aliphatic rings. The molecule has 2 rings (SSSR count). The molecule has 1 N–H and O–H groups in total. The van der Waals surface area contributed by atoms with Gasteiger partial charge < -0.3 is 5.21 Å². The number of hydroxylamine groups is 1. The highest BCUT2D eigenvalue weighted by molar-refractivity contribution is 5.72. The summed E-state index contributed by atoms with van der Waals surface area (Å²) >= 11 is 0. The predicted molar refractivity (Wildman–Crippen MR) is 34.4 cm³/mol. The lowest BCUT2D eigenvalue weighted by atomic mass is 10.2. The summed E-state index contributed by atoms with van der Waals surface area (Å²) in [5.41, 5.74) is 2.65. The Kier molecular flexibility index (Phi) is 0.969. The average molecular weight is 138 g/mol. The zero-order valence-corrected chi connectivity index (χ0v) is 5.14. The van der Waals surface area contributed by atoms with Crippen molar-refractivity contribution in [1.29, 1.82) is 0 Å². The minimum atomic E-state index is -0.384. The minimum Gasteiger partial charge on any atom is -0.694 e. The van der Waals surface area contributed by atoms with E-state index in [4.69, 9.17) is 0 Å². The van der Waals surface area contributed by atoms with Crippen molar-refractivity contribution in [2.24, 2.45) is 10.2 Å². The van der Waals surface area contributed by atoms with Crippen molar-refractivity contribution in [3.05, 3.63) is 17.4 Å². The van der Waals surface area contributed by atoms with E-state index in [0.29, 0.717) is 4.86 Å². The molecule has 0 fully saturated rings. The lowest BCUT2D eigenvalue weighted by molar-refractivity contribution is -0.552. The quantitative estimate of drug-likeness (QED) is 0.372. The van der Waals surface area contributed by atoms with Crippen molar-refractivity contribution in [3.8, 4) is 0 Å². The van der Waals surface area contributed by atoms with Crippen molar-refractivity contribution >= 4 is 6.21 Å². The molecule has 0 saturated heterocycles. The molecule has 0 aromatic rings. The summed E-state index contributed by atoms with van der Waals surface area (Å²) in [4.78, 5) is 4.49. The second-order valence-corrected chi connectivity index (χ2v) is 2.15. The van der Waals surface area contributed by atoms with Crippen LogP contribution in [0.2, 0.25) is 0 Å². The van der Waals surface area contributed by atoms with Gasteiger partial charge in [-0.05, 0) is 12.2 Å². The SMILES string of the molecule is [O-][N+]1=NNC2C=CC=NC21. The zero-order valence-electron chi connectivity index (χ0n) is 5.14. The third kappa shape index (κ3) is 0.601. The van der Waals surface area contributed by atoms with Gasteiger partial charge in [-0.2, -0.15) is 5.43 Å². The first-order valence-electron chi connectivity index (χ1n) is 3.00. The van der Waals surface area contributed by atoms with Crippen molar-refractivity contribution in [2.45, 2.75) is 12.2 Å². The van der Waals surface area contributed by atoms with Gasteiger partial charge in [0.2, 0.25) is 0 Å². The fourth-order valence-corrected chi connectivity index (χ4v) is 0.986. The molecule has 0 aromatic carbocycles. The van der Waals surface area contributed by atoms with Gasteiger partial charge in [-0.3, -0.25) is 0 Å². The molecular weight excluding hydrogens is 132 g/mol. The highest BCUT2D eigenvalue weighted by Gasteiger charge is 2.32. The van der Waals surface area contributed by atoms with Gasteiger partial charge in [-0.1, -0.05) is 0 Å². The average Bonchev–Trinajstić information content (AvgIpc) is 2.34. The monoisotopic (exact) mass is 138 g/mol. The van der Waals surface area contributed by atoms with Gasteiger partial charge in [0.25, 0.3) is 6.17 Å². The highest BCUT2D eigenvalue weighted by atomic mass is 16.5. The van der Waals surface area contributed by atoms with E-state index in [1.807, 2.05) is 6.08 Å². The molecule has 2 atom stereocenters. The van der Waals surface area contributed by atoms with Gasteiger partial charge in [0.1, 0.15) is 0 Å². The highest BCUT2D eigenvalue weighted by Crippen LogP contribution is 2.10. The van der Waals surface area contributed by atoms with Crippen LogP contribution in [0.15, 0.2) is 22.4 Å². The molecule has 5 nitrogen and oxygen atoms in total. The van der Waals surface area contributed by atoms with Crippen LogP contribution >= 0.6 is 0 Å². The summed E-state index contributed by atoms with van der Waals surface area (Å²) in [7, 11) is 0. The van der Waals surface area contributed by atoms with Gasteiger partial charge in [-0.15, -0.1) is 4.86 Å². The molecular formula is C5H6N4O. The Morgan fingerprint density at radius 3 is 3.30 bits per heavy atom. The first-order valence-corrected chi connectivity index (χ1v) is 3.00. The summed E-state index contributed by atoms with van der Waals surface area (Å²) in [6.07, 6.45) is 4.88. The number of allylic oxidation sites excluding steroid dienone is 1. The summed E-state index contributed by atoms with van der Waals surface area (Å²) in [5.74, 6) is 0. The van der Waals surface area contributed by atoms with Crippen LogP contribution < -0.4 is 5.43 Å². The number of aliphatic imine (C=N–C) groups is 1. The Labute approximate surface area is 57.3 Å². The normalized spacial score (nSPS) is 35.0. The summed E-state index contributed by atoms with van der Waals surface area (Å²) in [6.45, 7) is 0. The van der Waals surface area contributed by atoms with E-state index < -0.39 is 0 Å². The van der Waals surface area contributed by atoms with Crippen molar-refractivity contribution in [2.75, 3.05) is 0 Å². The summed E-state index contributed by atoms with van der Waals surface area (Å²) in [6, 6.07) is -0.0394. The Balaban J connectivity index is 2.27. The van der Waals surface area contributed by atoms with Crippen molar-refractivity contribution < 1.29 is 4.86 Å². The standard InChI is InChI=1S/C5H6N4O/c10-9-5-4(7-8-9)2-1-3-6-5/h1-5,7H. The fraction of sp³-hybridized carbons (Fsp3) is 0.400. The third-order valence-electron chi connectivity index (χ3n) is 1.50. The second kappa shape index (κ2) is 1.80. The van der Waals surface area contributed by atoms with E-state index in [1.165, 1.54) is 0 Å². The molecule has 0 saturated carbocycles. The van der Waals surface area contributed by atoms with Crippen molar-refractivity contribution in [3.63, 3.8) is 0 Å². The molecule has 52 valence electrons. The van der Waals surface area contributed by atoms with E-state index in [9.17, 15) is 5.21 Å². The maximum atomic E-state index is 10.7. The Morgan fingerprint density at radius 2 is 2.50 bits per heavy atom. The first kappa shape index (κ1) is 5.40. The van der Waals surface area contributed by atoms with E-state index in [-0.39, 0.29) is 12.2 Å². The van der Waals surface area contributed by atoms with Crippen LogP contribution in [-0.2, 0) is 0 Å². The topological polar surface area (TPSA) is 62.8 Å². The maximum absolute atomic E-state index is 10.7. The van der Waals surface area contributed by atoms with Crippen LogP contribution in [0.25, 0.3) is 0 Å². The number of rotatable bonds is 0. The molecule has 2 aliphatic heterocycles. The first-order chi connectivity index (χ1) is 4.88. The van der Waals surface area contributed by atoms with E-state index in [0.717, 1.165) is 0 Å². The molecule has 0 amide bonds. The van der Waals surface area contributed by atoms with E-state index in [2.05, 4.69) is 15.6 Å². The maximum Gasteiger partial charge on any atom is 0.256 e. The molecule has 5 heteroatoms. The molecule has 0 radical (unpaired) electrons. The van der Waals surface area contributed by atoms with Gasteiger partial charge in [-0.25, -0.2) is 4.99 Å². The lowest BCUT2D eigenvalue weighted by Gasteiger charge is -2.11. The molecule has 0 aromatic heterocycles. The molecule has 10 heavy (non-hydrogen) atoms. The summed E-state index contributed by atoms with van der Waals surface area (Å²) in [5, 5.41) is 14.2. The second-order valence-electron chi connectivity index (χ2n) is 2.15. The van der Waals surface area contributed by atoms with Gasteiger partial charge in [0, 0.05) is 6.21 Å². The molecule has 0 spiro atoms. The fourth-order valence-electron chi connectivity index (χ4n) is 0.986. The lowest BCUT2D eigenvalue weighted by Crippen LogP contribution is -2.32. The van der Waals surface area contributed by atoms with Crippen LogP contribution in [0.3, 0.4) is 0 Å². The van der Waals surface area contributed by atoms with Crippen LogP contribution in [0.4, 0.5) is 0 Å². The van der Waals surface area contributed by atoms with Gasteiger partial charge in [0.05, 0.1) is 5.22 Å². The molecule has 2 unspecified atom stereocenters. The number of hydrogen-bond donors (Lipinski definition) is 1. The van der Waals surface area contributed by atoms with Crippen molar-refractivity contribution in [1.82, 2.24) is 5.43 Å². The number of hydrogen-bond acceptors (Lipinski definition) is 4. The van der Waals surface area contributed by atoms with Crippen LogP contribution in [0.5, 0.6) is 0 Å².